The summed E-state index contributed by atoms with van der Waals surface area (Å²) < 4.78 is 22.1. The van der Waals surface area contributed by atoms with Gasteiger partial charge < -0.3 is 29.7 Å². The number of carbonyl (C=O) groups excluding carboxylic acids is 1. The molecule has 0 bridgehead atoms. The van der Waals surface area contributed by atoms with Gasteiger partial charge in [-0.15, -0.1) is 0 Å². The van der Waals surface area contributed by atoms with Crippen LogP contribution in [0.15, 0.2) is 59.0 Å². The second kappa shape index (κ2) is 11.4. The molecule has 3 aromatic rings. The largest absolute Gasteiger partial charge is 0.497 e. The van der Waals surface area contributed by atoms with Crippen LogP contribution in [0.2, 0.25) is 5.02 Å². The van der Waals surface area contributed by atoms with Crippen molar-refractivity contribution in [3.63, 3.8) is 0 Å². The van der Waals surface area contributed by atoms with Crippen molar-refractivity contribution < 1.29 is 23.4 Å². The van der Waals surface area contributed by atoms with E-state index in [-0.39, 0.29) is 11.7 Å². The number of hydrogen-bond acceptors (Lipinski definition) is 6. The third-order valence-corrected chi connectivity index (χ3v) is 4.57. The summed E-state index contributed by atoms with van der Waals surface area (Å²) in [5.74, 6) is 1.48. The van der Waals surface area contributed by atoms with Crippen LogP contribution in [0.4, 0.5) is 5.69 Å². The molecule has 0 aliphatic rings. The molecular formula is C23H25ClN2O5. The lowest BCUT2D eigenvalue weighted by Gasteiger charge is -2.11. The van der Waals surface area contributed by atoms with E-state index < -0.39 is 0 Å². The molecule has 0 atom stereocenters. The maximum absolute atomic E-state index is 12.6. The van der Waals surface area contributed by atoms with Gasteiger partial charge in [0.25, 0.3) is 5.91 Å². The topological polar surface area (TPSA) is 96.0 Å². The molecule has 0 saturated heterocycles. The van der Waals surface area contributed by atoms with E-state index in [0.717, 1.165) is 12.0 Å². The first kappa shape index (κ1) is 22.7. The summed E-state index contributed by atoms with van der Waals surface area (Å²) >= 11 is 5.92. The van der Waals surface area contributed by atoms with Gasteiger partial charge in [-0.2, -0.15) is 0 Å². The molecule has 8 heteroatoms. The van der Waals surface area contributed by atoms with E-state index in [1.54, 1.807) is 49.6 Å². The molecule has 164 valence electrons. The monoisotopic (exact) mass is 444 g/mol. The highest BCUT2D eigenvalue weighted by atomic mass is 35.5. The molecule has 1 heterocycles. The molecule has 7 nitrogen and oxygen atoms in total. The fourth-order valence-corrected chi connectivity index (χ4v) is 2.90. The fraction of sp³-hybridized carbons (Fsp3) is 0.261. The van der Waals surface area contributed by atoms with Crippen molar-refractivity contribution >= 4 is 23.2 Å². The number of rotatable bonds is 11. The Bertz CT molecular complexity index is 988. The van der Waals surface area contributed by atoms with Crippen molar-refractivity contribution in [2.45, 2.75) is 6.42 Å². The van der Waals surface area contributed by atoms with E-state index in [4.69, 9.17) is 36.0 Å². The molecule has 3 rings (SSSR count). The molecule has 3 N–H and O–H groups in total. The SMILES string of the molecule is COc1cc(NC(=O)c2ccc(-c3ccc(Cl)cc3)o2)cc(OCCOCCCN)c1. The Morgan fingerprint density at radius 3 is 2.55 bits per heavy atom. The van der Waals surface area contributed by atoms with E-state index in [2.05, 4.69) is 5.32 Å². The zero-order valence-electron chi connectivity index (χ0n) is 17.2. The Balaban J connectivity index is 1.63. The van der Waals surface area contributed by atoms with E-state index in [1.807, 2.05) is 12.1 Å². The average Bonchev–Trinajstić information content (AvgIpc) is 3.27. The minimum Gasteiger partial charge on any atom is -0.497 e. The second-order valence-electron chi connectivity index (χ2n) is 6.63. The first-order valence-corrected chi connectivity index (χ1v) is 10.2. The Hall–Kier alpha value is -3.00. The average molecular weight is 445 g/mol. The van der Waals surface area contributed by atoms with E-state index in [0.29, 0.717) is 54.3 Å². The van der Waals surface area contributed by atoms with Gasteiger partial charge in [-0.05, 0) is 49.4 Å². The Morgan fingerprint density at radius 1 is 1.03 bits per heavy atom. The number of anilines is 1. The van der Waals surface area contributed by atoms with Crippen LogP contribution in [-0.2, 0) is 4.74 Å². The lowest BCUT2D eigenvalue weighted by molar-refractivity contribution is 0.0990. The lowest BCUT2D eigenvalue weighted by atomic mass is 10.2. The highest BCUT2D eigenvalue weighted by molar-refractivity contribution is 6.30. The second-order valence-corrected chi connectivity index (χ2v) is 7.06. The van der Waals surface area contributed by atoms with Crippen LogP contribution in [0.5, 0.6) is 11.5 Å². The van der Waals surface area contributed by atoms with Crippen LogP contribution < -0.4 is 20.5 Å². The lowest BCUT2D eigenvalue weighted by Crippen LogP contribution is -2.12. The predicted molar refractivity (Wildman–Crippen MR) is 120 cm³/mol. The van der Waals surface area contributed by atoms with E-state index >= 15 is 0 Å². The summed E-state index contributed by atoms with van der Waals surface area (Å²) in [6, 6.07) is 15.7. The number of amides is 1. The number of furan rings is 1. The van der Waals surface area contributed by atoms with Crippen LogP contribution in [0.3, 0.4) is 0 Å². The predicted octanol–water partition coefficient (Wildman–Crippen LogP) is 4.61. The molecule has 1 aromatic heterocycles. The first-order valence-electron chi connectivity index (χ1n) is 9.86. The van der Waals surface area contributed by atoms with Crippen LogP contribution in [-0.4, -0.2) is 39.4 Å². The van der Waals surface area contributed by atoms with Gasteiger partial charge in [0.2, 0.25) is 0 Å². The maximum atomic E-state index is 12.6. The summed E-state index contributed by atoms with van der Waals surface area (Å²) in [6.45, 7) is 2.00. The van der Waals surface area contributed by atoms with Gasteiger partial charge in [0.15, 0.2) is 5.76 Å². The fourth-order valence-electron chi connectivity index (χ4n) is 2.77. The first-order chi connectivity index (χ1) is 15.1. The molecule has 0 radical (unpaired) electrons. The molecule has 2 aromatic carbocycles. The van der Waals surface area contributed by atoms with Gasteiger partial charge in [-0.1, -0.05) is 11.6 Å². The minimum absolute atomic E-state index is 0.184. The Labute approximate surface area is 186 Å². The summed E-state index contributed by atoms with van der Waals surface area (Å²) in [6.07, 6.45) is 0.807. The van der Waals surface area contributed by atoms with Crippen LogP contribution in [0.25, 0.3) is 11.3 Å². The van der Waals surface area contributed by atoms with Crippen molar-refractivity contribution in [1.29, 1.82) is 0 Å². The number of methoxy groups -OCH3 is 1. The number of halogens is 1. The number of hydrogen-bond donors (Lipinski definition) is 2. The van der Waals surface area contributed by atoms with Crippen LogP contribution in [0.1, 0.15) is 17.0 Å². The zero-order valence-corrected chi connectivity index (χ0v) is 18.0. The van der Waals surface area contributed by atoms with Crippen molar-refractivity contribution in [3.05, 3.63) is 65.4 Å². The third-order valence-electron chi connectivity index (χ3n) is 4.32. The van der Waals surface area contributed by atoms with Crippen LogP contribution >= 0.6 is 11.6 Å². The van der Waals surface area contributed by atoms with Crippen molar-refractivity contribution in [1.82, 2.24) is 0 Å². The Kier molecular flexibility index (Phi) is 8.35. The summed E-state index contributed by atoms with van der Waals surface area (Å²) in [5, 5.41) is 3.44. The highest BCUT2D eigenvalue weighted by Crippen LogP contribution is 2.28. The van der Waals surface area contributed by atoms with Crippen molar-refractivity contribution in [3.8, 4) is 22.8 Å². The Morgan fingerprint density at radius 2 is 1.81 bits per heavy atom. The molecule has 0 unspecified atom stereocenters. The molecule has 1 amide bonds. The van der Waals surface area contributed by atoms with Gasteiger partial charge in [0.1, 0.15) is 23.9 Å². The molecule has 0 fully saturated rings. The minimum atomic E-state index is -0.385. The summed E-state index contributed by atoms with van der Waals surface area (Å²) in [5.41, 5.74) is 6.78. The molecular weight excluding hydrogens is 420 g/mol. The van der Waals surface area contributed by atoms with Gasteiger partial charge >= 0.3 is 0 Å². The van der Waals surface area contributed by atoms with Crippen molar-refractivity contribution in [2.24, 2.45) is 5.73 Å². The van der Waals surface area contributed by atoms with E-state index in [9.17, 15) is 4.79 Å². The number of carbonyl (C=O) groups is 1. The smallest absolute Gasteiger partial charge is 0.291 e. The van der Waals surface area contributed by atoms with Crippen LogP contribution in [0, 0.1) is 0 Å². The molecule has 0 aliphatic carbocycles. The van der Waals surface area contributed by atoms with Crippen molar-refractivity contribution in [2.75, 3.05) is 38.8 Å². The maximum Gasteiger partial charge on any atom is 0.291 e. The summed E-state index contributed by atoms with van der Waals surface area (Å²) in [7, 11) is 1.55. The quantitative estimate of drug-likeness (QED) is 0.419. The highest BCUT2D eigenvalue weighted by Gasteiger charge is 2.14. The van der Waals surface area contributed by atoms with E-state index in [1.165, 1.54) is 0 Å². The normalized spacial score (nSPS) is 10.7. The zero-order chi connectivity index (χ0) is 22.1. The van der Waals surface area contributed by atoms with Gasteiger partial charge in [-0.25, -0.2) is 0 Å². The number of ether oxygens (including phenoxy) is 3. The van der Waals surface area contributed by atoms with Gasteiger partial charge in [0, 0.05) is 41.1 Å². The van der Waals surface area contributed by atoms with Gasteiger partial charge in [0.05, 0.1) is 13.7 Å². The molecule has 0 spiro atoms. The van der Waals surface area contributed by atoms with Gasteiger partial charge in [-0.3, -0.25) is 4.79 Å². The molecule has 0 saturated carbocycles. The third kappa shape index (κ3) is 6.75. The number of benzene rings is 2. The number of nitrogens with one attached hydrogen (secondary N) is 1. The standard InChI is InChI=1S/C23H25ClN2O5/c1-28-19-13-18(14-20(15-19)30-12-11-29-10-2-9-25)26-23(27)22-8-7-21(31-22)16-3-5-17(24)6-4-16/h3-8,13-15H,2,9-12,25H2,1H3,(H,26,27). The summed E-state index contributed by atoms with van der Waals surface area (Å²) in [4.78, 5) is 12.6. The number of nitrogens with two attached hydrogens (primary N) is 1. The molecule has 31 heavy (non-hydrogen) atoms. The molecule has 0 aliphatic heterocycles.